The van der Waals surface area contributed by atoms with E-state index < -0.39 is 0 Å². The highest BCUT2D eigenvalue weighted by atomic mass is 16.3. The average molecular weight is 247 g/mol. The summed E-state index contributed by atoms with van der Waals surface area (Å²) < 4.78 is 1.46. The Balaban J connectivity index is 2.09. The molecule has 0 radical (unpaired) electrons. The summed E-state index contributed by atoms with van der Waals surface area (Å²) in [6.45, 7) is 0. The van der Waals surface area contributed by atoms with E-state index in [0.29, 0.717) is 11.5 Å². The van der Waals surface area contributed by atoms with Crippen molar-refractivity contribution < 1.29 is 9.90 Å². The number of nitrogens with zero attached hydrogens (tertiary/aromatic N) is 5. The zero-order chi connectivity index (χ0) is 13.1. The fraction of sp³-hybridized carbons (Fsp3) is 0.273. The van der Waals surface area contributed by atoms with Crippen molar-refractivity contribution in [2.45, 2.75) is 6.42 Å². The van der Waals surface area contributed by atoms with Crippen LogP contribution < -0.4 is 4.90 Å². The number of hydrogen-bond acceptors (Lipinski definition) is 5. The number of phenolic OH excluding ortho intramolecular Hbond substituents is 1. The van der Waals surface area contributed by atoms with Gasteiger partial charge in [0.05, 0.1) is 6.42 Å². The minimum absolute atomic E-state index is 0.126. The monoisotopic (exact) mass is 247 g/mol. The Morgan fingerprint density at radius 2 is 2.06 bits per heavy atom. The quantitative estimate of drug-likeness (QED) is 0.832. The normalized spacial score (nSPS) is 10.3. The summed E-state index contributed by atoms with van der Waals surface area (Å²) in [6, 6.07) is 6.40. The van der Waals surface area contributed by atoms with E-state index in [0.717, 1.165) is 0 Å². The van der Waals surface area contributed by atoms with Crippen molar-refractivity contribution in [1.29, 1.82) is 0 Å². The van der Waals surface area contributed by atoms with Crippen LogP contribution in [0.4, 0.5) is 5.69 Å². The van der Waals surface area contributed by atoms with Crippen LogP contribution >= 0.6 is 0 Å². The van der Waals surface area contributed by atoms with Crippen LogP contribution in [0.5, 0.6) is 5.75 Å². The Hall–Kier alpha value is -2.44. The van der Waals surface area contributed by atoms with E-state index in [1.807, 2.05) is 0 Å². The number of aryl methyl sites for hydroxylation is 1. The van der Waals surface area contributed by atoms with Crippen LogP contribution in [0.2, 0.25) is 0 Å². The first-order valence-electron chi connectivity index (χ1n) is 5.35. The minimum Gasteiger partial charge on any atom is -0.508 e. The molecule has 0 spiro atoms. The van der Waals surface area contributed by atoms with Gasteiger partial charge in [-0.05, 0) is 34.7 Å². The molecule has 0 fully saturated rings. The summed E-state index contributed by atoms with van der Waals surface area (Å²) in [6.07, 6.45) is 0.126. The third kappa shape index (κ3) is 2.45. The van der Waals surface area contributed by atoms with Gasteiger partial charge in [0.2, 0.25) is 5.91 Å². The number of rotatable bonds is 3. The molecule has 0 aliphatic heterocycles. The van der Waals surface area contributed by atoms with E-state index in [-0.39, 0.29) is 18.1 Å². The second kappa shape index (κ2) is 4.82. The molecule has 18 heavy (non-hydrogen) atoms. The number of benzene rings is 1. The van der Waals surface area contributed by atoms with Crippen LogP contribution in [-0.4, -0.2) is 38.3 Å². The van der Waals surface area contributed by atoms with Crippen molar-refractivity contribution in [1.82, 2.24) is 20.2 Å². The van der Waals surface area contributed by atoms with Gasteiger partial charge in [0.15, 0.2) is 5.82 Å². The molecule has 0 aliphatic carbocycles. The molecule has 0 bridgehead atoms. The number of anilines is 1. The van der Waals surface area contributed by atoms with E-state index in [9.17, 15) is 9.90 Å². The maximum Gasteiger partial charge on any atom is 0.234 e. The molecular formula is C11H13N5O2. The highest BCUT2D eigenvalue weighted by Gasteiger charge is 2.15. The van der Waals surface area contributed by atoms with Crippen LogP contribution in [0.15, 0.2) is 24.3 Å². The molecule has 1 aromatic heterocycles. The molecule has 0 atom stereocenters. The molecule has 1 heterocycles. The van der Waals surface area contributed by atoms with Crippen LogP contribution in [0.25, 0.3) is 0 Å². The molecule has 0 saturated carbocycles. The Bertz CT molecular complexity index is 549. The largest absolute Gasteiger partial charge is 0.508 e. The smallest absolute Gasteiger partial charge is 0.234 e. The third-order valence-electron chi connectivity index (χ3n) is 2.63. The zero-order valence-corrected chi connectivity index (χ0v) is 10.1. The van der Waals surface area contributed by atoms with Crippen molar-refractivity contribution in [2.24, 2.45) is 7.05 Å². The van der Waals surface area contributed by atoms with E-state index in [4.69, 9.17) is 0 Å². The van der Waals surface area contributed by atoms with Gasteiger partial charge in [-0.3, -0.25) is 4.79 Å². The van der Waals surface area contributed by atoms with Gasteiger partial charge in [0, 0.05) is 19.8 Å². The van der Waals surface area contributed by atoms with Gasteiger partial charge in [0.1, 0.15) is 5.75 Å². The SMILES string of the molecule is CN(C(=O)Cc1nnnn1C)c1ccc(O)cc1. The fourth-order valence-corrected chi connectivity index (χ4v) is 1.47. The summed E-state index contributed by atoms with van der Waals surface area (Å²) in [4.78, 5) is 13.5. The van der Waals surface area contributed by atoms with E-state index in [2.05, 4.69) is 15.5 Å². The first kappa shape index (κ1) is 12.0. The number of likely N-dealkylation sites (N-methyl/N-ethyl adjacent to an activating group) is 1. The second-order valence-corrected chi connectivity index (χ2v) is 3.86. The number of amides is 1. The highest BCUT2D eigenvalue weighted by molar-refractivity contribution is 5.93. The van der Waals surface area contributed by atoms with Crippen LogP contribution in [0.3, 0.4) is 0 Å². The van der Waals surface area contributed by atoms with Gasteiger partial charge in [0.25, 0.3) is 0 Å². The number of phenols is 1. The number of carbonyl (C=O) groups excluding carboxylic acids is 1. The third-order valence-corrected chi connectivity index (χ3v) is 2.63. The van der Waals surface area contributed by atoms with Crippen LogP contribution in [0.1, 0.15) is 5.82 Å². The van der Waals surface area contributed by atoms with Gasteiger partial charge >= 0.3 is 0 Å². The lowest BCUT2D eigenvalue weighted by Crippen LogP contribution is -2.28. The predicted molar refractivity (Wildman–Crippen MR) is 64.0 cm³/mol. The summed E-state index contributed by atoms with van der Waals surface area (Å²) in [5.41, 5.74) is 0.702. The van der Waals surface area contributed by atoms with Gasteiger partial charge in [-0.15, -0.1) is 5.10 Å². The Morgan fingerprint density at radius 1 is 1.39 bits per heavy atom. The molecule has 0 unspecified atom stereocenters. The molecule has 7 nitrogen and oxygen atoms in total. The summed E-state index contributed by atoms with van der Waals surface area (Å²) in [5, 5.41) is 20.1. The lowest BCUT2D eigenvalue weighted by molar-refractivity contribution is -0.117. The minimum atomic E-state index is -0.126. The Morgan fingerprint density at radius 3 is 2.61 bits per heavy atom. The van der Waals surface area contributed by atoms with Crippen LogP contribution in [-0.2, 0) is 18.3 Å². The predicted octanol–water partition coefficient (Wildman–Crippen LogP) is 0.121. The second-order valence-electron chi connectivity index (χ2n) is 3.86. The van der Waals surface area contributed by atoms with Gasteiger partial charge in [-0.1, -0.05) is 0 Å². The molecule has 1 N–H and O–H groups in total. The van der Waals surface area contributed by atoms with Gasteiger partial charge < -0.3 is 10.0 Å². The standard InChI is InChI=1S/C11H13N5O2/c1-15(8-3-5-9(17)6-4-8)11(18)7-10-12-13-14-16(10)2/h3-6,17H,7H2,1-2H3. The van der Waals surface area contributed by atoms with Crippen molar-refractivity contribution in [2.75, 3.05) is 11.9 Å². The first-order chi connectivity index (χ1) is 8.58. The Labute approximate surface area is 104 Å². The molecule has 1 amide bonds. The summed E-state index contributed by atoms with van der Waals surface area (Å²) in [5.74, 6) is 0.543. The number of aromatic hydroxyl groups is 1. The molecule has 94 valence electrons. The van der Waals surface area contributed by atoms with Crippen molar-refractivity contribution in [3.8, 4) is 5.75 Å². The molecule has 0 saturated heterocycles. The van der Waals surface area contributed by atoms with E-state index in [1.54, 1.807) is 26.2 Å². The molecule has 7 heteroatoms. The van der Waals surface area contributed by atoms with Crippen molar-refractivity contribution >= 4 is 11.6 Å². The number of tetrazole rings is 1. The first-order valence-corrected chi connectivity index (χ1v) is 5.35. The zero-order valence-electron chi connectivity index (χ0n) is 10.1. The molecular weight excluding hydrogens is 234 g/mol. The van der Waals surface area contributed by atoms with Gasteiger partial charge in [-0.25, -0.2) is 4.68 Å². The van der Waals surface area contributed by atoms with Gasteiger partial charge in [-0.2, -0.15) is 0 Å². The topological polar surface area (TPSA) is 84.1 Å². The molecule has 0 aliphatic rings. The number of aromatic nitrogens is 4. The maximum atomic E-state index is 12.0. The molecule has 2 aromatic rings. The van der Waals surface area contributed by atoms with Crippen molar-refractivity contribution in [3.05, 3.63) is 30.1 Å². The van der Waals surface area contributed by atoms with E-state index in [1.165, 1.54) is 21.7 Å². The lowest BCUT2D eigenvalue weighted by Gasteiger charge is -2.16. The van der Waals surface area contributed by atoms with Crippen molar-refractivity contribution in [3.63, 3.8) is 0 Å². The van der Waals surface area contributed by atoms with E-state index >= 15 is 0 Å². The summed E-state index contributed by atoms with van der Waals surface area (Å²) in [7, 11) is 3.35. The summed E-state index contributed by atoms with van der Waals surface area (Å²) >= 11 is 0. The Kier molecular flexibility index (Phi) is 3.22. The maximum absolute atomic E-state index is 12.0. The fourth-order valence-electron chi connectivity index (χ4n) is 1.47. The van der Waals surface area contributed by atoms with Crippen LogP contribution in [0, 0.1) is 0 Å². The lowest BCUT2D eigenvalue weighted by atomic mass is 10.2. The average Bonchev–Trinajstić information content (AvgIpc) is 2.75. The molecule has 2 rings (SSSR count). The number of carbonyl (C=O) groups is 1. The number of hydrogen-bond donors (Lipinski definition) is 1. The molecule has 1 aromatic carbocycles. The highest BCUT2D eigenvalue weighted by Crippen LogP contribution is 2.17.